The number of benzene rings is 1. The smallest absolute Gasteiger partial charge is 0.226 e. The molecule has 1 aromatic rings. The minimum Gasteiger partial charge on any atom is -0.392 e. The van der Waals surface area contributed by atoms with Gasteiger partial charge in [0, 0.05) is 32.0 Å². The molecule has 3 rings (SSSR count). The van der Waals surface area contributed by atoms with Crippen molar-refractivity contribution >= 4 is 5.91 Å². The predicted octanol–water partition coefficient (Wildman–Crippen LogP) is 1.11. The minimum atomic E-state index is -0.296. The van der Waals surface area contributed by atoms with Crippen LogP contribution in [0.3, 0.4) is 0 Å². The molecule has 1 amide bonds. The van der Waals surface area contributed by atoms with Crippen molar-refractivity contribution in [2.45, 2.75) is 44.5 Å². The molecule has 2 fully saturated rings. The summed E-state index contributed by atoms with van der Waals surface area (Å²) in [6.07, 6.45) is 2.54. The average Bonchev–Trinajstić information content (AvgIpc) is 2.60. The number of amides is 1. The highest BCUT2D eigenvalue weighted by molar-refractivity contribution is 5.78. The summed E-state index contributed by atoms with van der Waals surface area (Å²) in [4.78, 5) is 14.3. The lowest BCUT2D eigenvalue weighted by Crippen LogP contribution is -2.62. The number of piperidine rings is 1. The first kappa shape index (κ1) is 16.4. The molecule has 1 aliphatic carbocycles. The number of carbonyl (C=O) groups excluding carboxylic acids is 1. The number of hydrogen-bond donors (Lipinski definition) is 2. The fourth-order valence-electron chi connectivity index (χ4n) is 3.93. The Balaban J connectivity index is 1.55. The highest BCUT2D eigenvalue weighted by Crippen LogP contribution is 2.50. The van der Waals surface area contributed by atoms with E-state index in [1.54, 1.807) is 7.11 Å². The van der Waals surface area contributed by atoms with E-state index in [1.807, 2.05) is 29.2 Å². The number of rotatable bonds is 4. The molecule has 5 heteroatoms. The molecule has 2 atom stereocenters. The quantitative estimate of drug-likeness (QED) is 0.872. The summed E-state index contributed by atoms with van der Waals surface area (Å²) >= 11 is 0. The summed E-state index contributed by atoms with van der Waals surface area (Å²) in [5.41, 5.74) is 1.67. The first-order valence-corrected chi connectivity index (χ1v) is 8.26. The Morgan fingerprint density at radius 1 is 1.26 bits per heavy atom. The van der Waals surface area contributed by atoms with Gasteiger partial charge in [-0.2, -0.15) is 0 Å². The van der Waals surface area contributed by atoms with E-state index in [0.717, 1.165) is 24.0 Å². The van der Waals surface area contributed by atoms with Crippen molar-refractivity contribution in [2.75, 3.05) is 20.2 Å². The molecule has 5 nitrogen and oxygen atoms in total. The zero-order valence-electron chi connectivity index (χ0n) is 13.6. The summed E-state index contributed by atoms with van der Waals surface area (Å²) in [5.74, 6) is 0.124. The van der Waals surface area contributed by atoms with Crippen LogP contribution in [0.4, 0.5) is 0 Å². The molecule has 0 radical (unpaired) electrons. The zero-order chi connectivity index (χ0) is 16.4. The Labute approximate surface area is 136 Å². The van der Waals surface area contributed by atoms with E-state index in [9.17, 15) is 9.90 Å². The SMILES string of the molecule is CO[C@@H]1C[C@H](O)C12CCN(C(=O)Cc1ccc(CO)cc1)CC2. The monoisotopic (exact) mass is 319 g/mol. The van der Waals surface area contributed by atoms with Gasteiger partial charge in [0.15, 0.2) is 0 Å². The predicted molar refractivity (Wildman–Crippen MR) is 85.7 cm³/mol. The van der Waals surface area contributed by atoms with Gasteiger partial charge in [-0.3, -0.25) is 4.79 Å². The zero-order valence-corrected chi connectivity index (χ0v) is 13.6. The molecule has 1 saturated heterocycles. The van der Waals surface area contributed by atoms with Crippen LogP contribution in [-0.2, 0) is 22.6 Å². The van der Waals surface area contributed by atoms with E-state index in [4.69, 9.17) is 9.84 Å². The van der Waals surface area contributed by atoms with Crippen molar-refractivity contribution in [2.24, 2.45) is 5.41 Å². The average molecular weight is 319 g/mol. The second-order valence-corrected chi connectivity index (χ2v) is 6.74. The molecular formula is C18H25NO4. The maximum atomic E-state index is 12.5. The second-order valence-electron chi connectivity index (χ2n) is 6.74. The standard InChI is InChI=1S/C18H25NO4/c1-23-16-11-15(21)18(16)6-8-19(9-7-18)17(22)10-13-2-4-14(12-20)5-3-13/h2-5,15-16,20-21H,6-12H2,1H3/t15-,16+/m0/s1. The second kappa shape index (κ2) is 6.59. The van der Waals surface area contributed by atoms with Gasteiger partial charge in [-0.1, -0.05) is 24.3 Å². The van der Waals surface area contributed by atoms with Gasteiger partial charge in [-0.25, -0.2) is 0 Å². The number of aliphatic hydroxyl groups is 2. The molecule has 0 aromatic heterocycles. The van der Waals surface area contributed by atoms with Crippen LogP contribution in [0.2, 0.25) is 0 Å². The molecule has 1 saturated carbocycles. The number of methoxy groups -OCH3 is 1. The van der Waals surface area contributed by atoms with Crippen molar-refractivity contribution in [1.29, 1.82) is 0 Å². The Morgan fingerprint density at radius 3 is 2.39 bits per heavy atom. The van der Waals surface area contributed by atoms with Crippen molar-refractivity contribution in [3.63, 3.8) is 0 Å². The summed E-state index contributed by atoms with van der Waals surface area (Å²) < 4.78 is 5.48. The van der Waals surface area contributed by atoms with Gasteiger partial charge in [-0.15, -0.1) is 0 Å². The van der Waals surface area contributed by atoms with Crippen LogP contribution in [-0.4, -0.2) is 53.4 Å². The van der Waals surface area contributed by atoms with Gasteiger partial charge in [-0.05, 0) is 24.0 Å². The number of ether oxygens (including phenoxy) is 1. The molecule has 2 aliphatic rings. The number of likely N-dealkylation sites (tertiary alicyclic amines) is 1. The molecule has 1 heterocycles. The van der Waals surface area contributed by atoms with E-state index in [1.165, 1.54) is 0 Å². The first-order valence-electron chi connectivity index (χ1n) is 8.26. The fraction of sp³-hybridized carbons (Fsp3) is 0.611. The largest absolute Gasteiger partial charge is 0.392 e. The molecule has 0 unspecified atom stereocenters. The molecule has 1 aliphatic heterocycles. The van der Waals surface area contributed by atoms with Gasteiger partial charge < -0.3 is 19.8 Å². The molecular weight excluding hydrogens is 294 g/mol. The number of carbonyl (C=O) groups is 1. The van der Waals surface area contributed by atoms with Gasteiger partial charge in [0.1, 0.15) is 0 Å². The van der Waals surface area contributed by atoms with E-state index in [-0.39, 0.29) is 30.1 Å². The molecule has 23 heavy (non-hydrogen) atoms. The maximum absolute atomic E-state index is 12.5. The first-order chi connectivity index (χ1) is 11.1. The molecule has 0 bridgehead atoms. The van der Waals surface area contributed by atoms with Crippen LogP contribution >= 0.6 is 0 Å². The lowest BCUT2D eigenvalue weighted by Gasteiger charge is -2.56. The van der Waals surface area contributed by atoms with Gasteiger partial charge >= 0.3 is 0 Å². The summed E-state index contributed by atoms with van der Waals surface area (Å²) in [7, 11) is 1.70. The molecule has 2 N–H and O–H groups in total. The topological polar surface area (TPSA) is 70.0 Å². The van der Waals surface area contributed by atoms with Crippen LogP contribution in [0.5, 0.6) is 0 Å². The fourth-order valence-corrected chi connectivity index (χ4v) is 3.93. The normalized spacial score (nSPS) is 26.1. The maximum Gasteiger partial charge on any atom is 0.226 e. The highest BCUT2D eigenvalue weighted by atomic mass is 16.5. The van der Waals surface area contributed by atoms with E-state index < -0.39 is 0 Å². The summed E-state index contributed by atoms with van der Waals surface area (Å²) in [5, 5.41) is 19.2. The molecule has 1 aromatic carbocycles. The van der Waals surface area contributed by atoms with Crippen molar-refractivity contribution in [3.8, 4) is 0 Å². The summed E-state index contributed by atoms with van der Waals surface area (Å²) in [6.45, 7) is 1.39. The van der Waals surface area contributed by atoms with Crippen LogP contribution < -0.4 is 0 Å². The number of nitrogens with zero attached hydrogens (tertiary/aromatic N) is 1. The minimum absolute atomic E-state index is 0.0193. The highest BCUT2D eigenvalue weighted by Gasteiger charge is 2.56. The van der Waals surface area contributed by atoms with E-state index in [2.05, 4.69) is 0 Å². The van der Waals surface area contributed by atoms with Crippen LogP contribution in [0.1, 0.15) is 30.4 Å². The van der Waals surface area contributed by atoms with Crippen molar-refractivity contribution < 1.29 is 19.7 Å². The van der Waals surface area contributed by atoms with E-state index in [0.29, 0.717) is 25.9 Å². The van der Waals surface area contributed by atoms with E-state index >= 15 is 0 Å². The van der Waals surface area contributed by atoms with Crippen molar-refractivity contribution in [3.05, 3.63) is 35.4 Å². The molecule has 1 spiro atoms. The Kier molecular flexibility index (Phi) is 4.71. The third-order valence-electron chi connectivity index (χ3n) is 5.63. The number of hydrogen-bond acceptors (Lipinski definition) is 4. The van der Waals surface area contributed by atoms with Crippen LogP contribution in [0.15, 0.2) is 24.3 Å². The Hall–Kier alpha value is -1.43. The summed E-state index contributed by atoms with van der Waals surface area (Å²) in [6, 6.07) is 7.49. The van der Waals surface area contributed by atoms with Gasteiger partial charge in [0.05, 0.1) is 25.2 Å². The Morgan fingerprint density at radius 2 is 1.87 bits per heavy atom. The third kappa shape index (κ3) is 3.01. The van der Waals surface area contributed by atoms with Crippen molar-refractivity contribution in [1.82, 2.24) is 4.90 Å². The Bertz CT molecular complexity index is 549. The molecule has 126 valence electrons. The number of aliphatic hydroxyl groups excluding tert-OH is 2. The van der Waals surface area contributed by atoms with Crippen LogP contribution in [0, 0.1) is 5.41 Å². The lowest BCUT2D eigenvalue weighted by atomic mass is 9.58. The lowest BCUT2D eigenvalue weighted by molar-refractivity contribution is -0.202. The third-order valence-corrected chi connectivity index (χ3v) is 5.63. The van der Waals surface area contributed by atoms with Gasteiger partial charge in [0.25, 0.3) is 0 Å². The van der Waals surface area contributed by atoms with Gasteiger partial charge in [0.2, 0.25) is 5.91 Å². The van der Waals surface area contributed by atoms with Crippen LogP contribution in [0.25, 0.3) is 0 Å².